The predicted molar refractivity (Wildman–Crippen MR) is 59.6 cm³/mol. The van der Waals surface area contributed by atoms with Gasteiger partial charge < -0.3 is 30.9 Å². The van der Waals surface area contributed by atoms with Crippen LogP contribution in [0, 0.1) is 0 Å². The summed E-state index contributed by atoms with van der Waals surface area (Å²) in [6.07, 6.45) is 1.69. The number of aliphatic hydroxyl groups excluding tert-OH is 2. The van der Waals surface area contributed by atoms with Crippen LogP contribution in [0.4, 0.5) is 0 Å². The summed E-state index contributed by atoms with van der Waals surface area (Å²) < 4.78 is 5.12. The standard InChI is InChI=1S/C6H11NO.C4H6O6/c7-5-6-3-1-2-4-8-6;5-1(3(7)8)2(6)4(9)10/h2,4,6H,1,3,5,7H2;1-2,5-6H,(H,7,8)(H,9,10)/t6-;/m0./s1. The zero-order valence-electron chi connectivity index (χ0n) is 9.60. The molecule has 0 saturated heterocycles. The number of allylic oxidation sites excluding steroid dienone is 1. The minimum atomic E-state index is -2.27. The second-order valence-electron chi connectivity index (χ2n) is 3.51. The summed E-state index contributed by atoms with van der Waals surface area (Å²) in [4.78, 5) is 19.5. The van der Waals surface area contributed by atoms with E-state index in [-0.39, 0.29) is 6.10 Å². The summed E-state index contributed by atoms with van der Waals surface area (Å²) in [5, 5.41) is 32.5. The zero-order chi connectivity index (χ0) is 14.1. The monoisotopic (exact) mass is 263 g/mol. The molecule has 1 aliphatic rings. The van der Waals surface area contributed by atoms with Crippen LogP contribution in [-0.2, 0) is 14.3 Å². The van der Waals surface area contributed by atoms with Gasteiger partial charge >= 0.3 is 11.9 Å². The molecule has 8 heteroatoms. The van der Waals surface area contributed by atoms with Crippen LogP contribution in [0.1, 0.15) is 12.8 Å². The normalized spacial score (nSPS) is 20.9. The Morgan fingerprint density at radius 2 is 1.78 bits per heavy atom. The highest BCUT2D eigenvalue weighted by Crippen LogP contribution is 2.07. The number of rotatable bonds is 4. The maximum Gasteiger partial charge on any atom is 0.335 e. The van der Waals surface area contributed by atoms with Gasteiger partial charge in [0, 0.05) is 6.54 Å². The van der Waals surface area contributed by atoms with Gasteiger partial charge in [-0.1, -0.05) is 0 Å². The highest BCUT2D eigenvalue weighted by molar-refractivity contribution is 5.83. The average Bonchev–Trinajstić information content (AvgIpc) is 2.38. The van der Waals surface area contributed by atoms with E-state index in [1.807, 2.05) is 6.08 Å². The van der Waals surface area contributed by atoms with Gasteiger partial charge in [-0.3, -0.25) is 0 Å². The lowest BCUT2D eigenvalue weighted by atomic mass is 10.2. The van der Waals surface area contributed by atoms with Crippen LogP contribution in [0.25, 0.3) is 0 Å². The lowest BCUT2D eigenvalue weighted by Gasteiger charge is -2.16. The van der Waals surface area contributed by atoms with E-state index in [1.54, 1.807) is 6.26 Å². The van der Waals surface area contributed by atoms with Gasteiger partial charge in [-0.05, 0) is 18.9 Å². The molecule has 0 bridgehead atoms. The van der Waals surface area contributed by atoms with Crippen molar-refractivity contribution in [2.45, 2.75) is 31.2 Å². The minimum absolute atomic E-state index is 0.278. The third kappa shape index (κ3) is 6.18. The first kappa shape index (κ1) is 16.4. The fourth-order valence-corrected chi connectivity index (χ4v) is 1.03. The van der Waals surface area contributed by atoms with Gasteiger partial charge in [0.2, 0.25) is 0 Å². The summed E-state index contributed by atoms with van der Waals surface area (Å²) in [5.41, 5.74) is 5.34. The van der Waals surface area contributed by atoms with E-state index in [2.05, 4.69) is 0 Å². The third-order valence-electron chi connectivity index (χ3n) is 2.09. The van der Waals surface area contributed by atoms with Crippen molar-refractivity contribution in [1.29, 1.82) is 0 Å². The lowest BCUT2D eigenvalue weighted by molar-refractivity contribution is -0.165. The number of hydrogen-bond donors (Lipinski definition) is 5. The molecule has 0 aliphatic carbocycles. The summed E-state index contributed by atoms with van der Waals surface area (Å²) in [5.74, 6) is -3.54. The van der Waals surface area contributed by atoms with Gasteiger partial charge in [-0.15, -0.1) is 0 Å². The Hall–Kier alpha value is -1.64. The third-order valence-corrected chi connectivity index (χ3v) is 2.09. The Morgan fingerprint density at radius 1 is 1.28 bits per heavy atom. The molecule has 0 aromatic rings. The first-order valence-electron chi connectivity index (χ1n) is 5.22. The van der Waals surface area contributed by atoms with E-state index in [0.717, 1.165) is 12.8 Å². The number of nitrogens with two attached hydrogens (primary N) is 1. The number of ether oxygens (including phenoxy) is 1. The molecular formula is C10H17NO7. The van der Waals surface area contributed by atoms with Crippen LogP contribution < -0.4 is 5.73 Å². The molecule has 18 heavy (non-hydrogen) atoms. The topological polar surface area (TPSA) is 150 Å². The fourth-order valence-electron chi connectivity index (χ4n) is 1.03. The summed E-state index contributed by atoms with van der Waals surface area (Å²) in [6.45, 7) is 0.643. The van der Waals surface area contributed by atoms with E-state index >= 15 is 0 Å². The number of aliphatic carboxylic acids is 2. The van der Waals surface area contributed by atoms with Gasteiger partial charge in [0.15, 0.2) is 12.2 Å². The van der Waals surface area contributed by atoms with Crippen LogP contribution in [0.2, 0.25) is 0 Å². The van der Waals surface area contributed by atoms with E-state index in [1.165, 1.54) is 0 Å². The second kappa shape index (κ2) is 8.45. The summed E-state index contributed by atoms with van der Waals surface area (Å²) >= 11 is 0. The maximum absolute atomic E-state index is 9.77. The highest BCUT2D eigenvalue weighted by Gasteiger charge is 2.29. The average molecular weight is 263 g/mol. The molecule has 104 valence electrons. The molecule has 8 nitrogen and oxygen atoms in total. The van der Waals surface area contributed by atoms with Gasteiger partial charge in [-0.25, -0.2) is 9.59 Å². The number of carboxylic acids is 2. The molecule has 2 unspecified atom stereocenters. The van der Waals surface area contributed by atoms with Gasteiger partial charge in [-0.2, -0.15) is 0 Å². The Kier molecular flexibility index (Phi) is 7.68. The Morgan fingerprint density at radius 3 is 2.00 bits per heavy atom. The molecule has 0 radical (unpaired) electrons. The minimum Gasteiger partial charge on any atom is -0.497 e. The molecule has 0 spiro atoms. The number of carboxylic acid groups (broad SMARTS) is 2. The highest BCUT2D eigenvalue weighted by atomic mass is 16.5. The first-order valence-corrected chi connectivity index (χ1v) is 5.22. The molecule has 0 amide bonds. The number of carbonyl (C=O) groups is 2. The van der Waals surface area contributed by atoms with Crippen molar-refractivity contribution >= 4 is 11.9 Å². The molecule has 1 rings (SSSR count). The van der Waals surface area contributed by atoms with Crippen molar-refractivity contribution in [3.05, 3.63) is 12.3 Å². The molecule has 0 aromatic heterocycles. The van der Waals surface area contributed by atoms with Gasteiger partial charge in [0.05, 0.1) is 6.26 Å². The SMILES string of the molecule is NC[C@@H]1CCC=CO1.O=C(O)C(O)C(O)C(=O)O. The van der Waals surface area contributed by atoms with Crippen molar-refractivity contribution in [2.75, 3.05) is 6.54 Å². The molecule has 1 aliphatic heterocycles. The van der Waals surface area contributed by atoms with Crippen molar-refractivity contribution in [1.82, 2.24) is 0 Å². The van der Waals surface area contributed by atoms with Crippen LogP contribution in [-0.4, -0.2) is 57.2 Å². The Balaban J connectivity index is 0.000000327. The smallest absolute Gasteiger partial charge is 0.335 e. The van der Waals surface area contributed by atoms with E-state index < -0.39 is 24.1 Å². The molecule has 1 heterocycles. The van der Waals surface area contributed by atoms with Crippen molar-refractivity contribution in [3.63, 3.8) is 0 Å². The fraction of sp³-hybridized carbons (Fsp3) is 0.600. The quantitative estimate of drug-likeness (QED) is 0.412. The maximum atomic E-state index is 9.77. The molecule has 0 saturated carbocycles. The van der Waals surface area contributed by atoms with Crippen molar-refractivity contribution in [3.8, 4) is 0 Å². The summed E-state index contributed by atoms with van der Waals surface area (Å²) in [7, 11) is 0. The Labute approximate surface area is 103 Å². The molecule has 6 N–H and O–H groups in total. The van der Waals surface area contributed by atoms with Crippen molar-refractivity contribution < 1.29 is 34.8 Å². The van der Waals surface area contributed by atoms with Crippen LogP contribution in [0.3, 0.4) is 0 Å². The molecule has 0 fully saturated rings. The molecule has 0 aromatic carbocycles. The van der Waals surface area contributed by atoms with Crippen molar-refractivity contribution in [2.24, 2.45) is 5.73 Å². The predicted octanol–water partition coefficient (Wildman–Crippen LogP) is -1.48. The van der Waals surface area contributed by atoms with Gasteiger partial charge in [0.25, 0.3) is 0 Å². The van der Waals surface area contributed by atoms with Crippen LogP contribution in [0.15, 0.2) is 12.3 Å². The summed E-state index contributed by atoms with van der Waals surface area (Å²) in [6, 6.07) is 0. The number of hydrogen-bond acceptors (Lipinski definition) is 6. The van der Waals surface area contributed by atoms with E-state index in [0.29, 0.717) is 6.54 Å². The number of aliphatic hydroxyl groups is 2. The van der Waals surface area contributed by atoms with Crippen LogP contribution >= 0.6 is 0 Å². The van der Waals surface area contributed by atoms with E-state index in [4.69, 9.17) is 30.9 Å². The largest absolute Gasteiger partial charge is 0.497 e. The van der Waals surface area contributed by atoms with Crippen LogP contribution in [0.5, 0.6) is 0 Å². The zero-order valence-corrected chi connectivity index (χ0v) is 9.60. The second-order valence-corrected chi connectivity index (χ2v) is 3.51. The first-order chi connectivity index (χ1) is 8.40. The lowest BCUT2D eigenvalue weighted by Crippen LogP contribution is -2.39. The molecule has 3 atom stereocenters. The van der Waals surface area contributed by atoms with E-state index in [9.17, 15) is 9.59 Å². The van der Waals surface area contributed by atoms with Gasteiger partial charge in [0.1, 0.15) is 6.10 Å². The molecular weight excluding hydrogens is 246 g/mol. The Bertz CT molecular complexity index is 287.